The second-order valence-electron chi connectivity index (χ2n) is 6.61. The third-order valence-electron chi connectivity index (χ3n) is 4.66. The number of carbonyl (C=O) groups is 2. The number of nitrogens with zero attached hydrogens (tertiary/aromatic N) is 1. The maximum absolute atomic E-state index is 12.5. The molecule has 1 aromatic carbocycles. The maximum Gasteiger partial charge on any atom is 0.243 e. The van der Waals surface area contributed by atoms with Crippen LogP contribution in [0.3, 0.4) is 0 Å². The van der Waals surface area contributed by atoms with Gasteiger partial charge >= 0.3 is 0 Å². The lowest BCUT2D eigenvalue weighted by atomic mass is 10.1. The molecule has 23 heavy (non-hydrogen) atoms. The summed E-state index contributed by atoms with van der Waals surface area (Å²) in [5.74, 6) is 0.0897. The number of amides is 2. The minimum absolute atomic E-state index is 0.0248. The van der Waals surface area contributed by atoms with Gasteiger partial charge in [0, 0.05) is 24.0 Å². The van der Waals surface area contributed by atoms with Crippen molar-refractivity contribution in [1.29, 1.82) is 0 Å². The molecule has 124 valence electrons. The van der Waals surface area contributed by atoms with Crippen molar-refractivity contribution in [2.75, 3.05) is 6.54 Å². The standard InChI is InChI=1S/C18H23ClN2O2/c1-12-4-5-13(11-15(12)19)6-9-17(22)21-10-2-3-16(21)18(23)20-14-7-8-14/h4-5,11,14,16H,2-3,6-10H2,1H3,(H,20,23)/t16-/m1/s1. The summed E-state index contributed by atoms with van der Waals surface area (Å²) >= 11 is 6.13. The molecule has 5 heteroatoms. The molecule has 0 bridgehead atoms. The van der Waals surface area contributed by atoms with Crippen LogP contribution in [0.15, 0.2) is 18.2 Å². The van der Waals surface area contributed by atoms with E-state index < -0.39 is 0 Å². The molecular weight excluding hydrogens is 312 g/mol. The zero-order valence-corrected chi connectivity index (χ0v) is 14.2. The molecule has 1 saturated carbocycles. The number of likely N-dealkylation sites (tertiary alicyclic amines) is 1. The van der Waals surface area contributed by atoms with Crippen molar-refractivity contribution in [1.82, 2.24) is 10.2 Å². The predicted molar refractivity (Wildman–Crippen MR) is 90.4 cm³/mol. The number of aryl methyl sites for hydroxylation is 2. The highest BCUT2D eigenvalue weighted by Gasteiger charge is 2.36. The van der Waals surface area contributed by atoms with E-state index in [1.807, 2.05) is 25.1 Å². The van der Waals surface area contributed by atoms with Gasteiger partial charge in [-0.25, -0.2) is 0 Å². The van der Waals surface area contributed by atoms with Crippen molar-refractivity contribution in [3.05, 3.63) is 34.3 Å². The fourth-order valence-electron chi connectivity index (χ4n) is 3.05. The molecule has 2 amide bonds. The number of carbonyl (C=O) groups excluding carboxylic acids is 2. The van der Waals surface area contributed by atoms with Crippen LogP contribution in [0.2, 0.25) is 5.02 Å². The molecule has 1 aliphatic heterocycles. The molecule has 0 unspecified atom stereocenters. The van der Waals surface area contributed by atoms with E-state index in [9.17, 15) is 9.59 Å². The van der Waals surface area contributed by atoms with Gasteiger partial charge in [-0.3, -0.25) is 9.59 Å². The Morgan fingerprint density at radius 2 is 2.09 bits per heavy atom. The summed E-state index contributed by atoms with van der Waals surface area (Å²) in [4.78, 5) is 26.5. The number of hydrogen-bond acceptors (Lipinski definition) is 2. The summed E-state index contributed by atoms with van der Waals surface area (Å²) < 4.78 is 0. The van der Waals surface area contributed by atoms with Crippen LogP contribution in [0, 0.1) is 6.92 Å². The van der Waals surface area contributed by atoms with Gasteiger partial charge in [-0.2, -0.15) is 0 Å². The maximum atomic E-state index is 12.5. The first-order valence-electron chi connectivity index (χ1n) is 8.39. The third-order valence-corrected chi connectivity index (χ3v) is 5.07. The van der Waals surface area contributed by atoms with Crippen LogP contribution in [0.1, 0.15) is 43.2 Å². The van der Waals surface area contributed by atoms with Crippen molar-refractivity contribution >= 4 is 23.4 Å². The van der Waals surface area contributed by atoms with Crippen molar-refractivity contribution in [3.63, 3.8) is 0 Å². The Morgan fingerprint density at radius 3 is 2.78 bits per heavy atom. The van der Waals surface area contributed by atoms with E-state index in [2.05, 4.69) is 5.32 Å². The number of benzene rings is 1. The van der Waals surface area contributed by atoms with Crippen LogP contribution in [-0.2, 0) is 16.0 Å². The molecule has 2 fully saturated rings. The number of hydrogen-bond donors (Lipinski definition) is 1. The largest absolute Gasteiger partial charge is 0.352 e. The quantitative estimate of drug-likeness (QED) is 0.900. The smallest absolute Gasteiger partial charge is 0.243 e. The Morgan fingerprint density at radius 1 is 1.30 bits per heavy atom. The van der Waals surface area contributed by atoms with Crippen molar-refractivity contribution in [2.45, 2.75) is 57.5 Å². The van der Waals surface area contributed by atoms with Crippen molar-refractivity contribution < 1.29 is 9.59 Å². The monoisotopic (exact) mass is 334 g/mol. The van der Waals surface area contributed by atoms with Gasteiger partial charge in [0.2, 0.25) is 11.8 Å². The molecule has 1 atom stereocenters. The van der Waals surface area contributed by atoms with Gasteiger partial charge < -0.3 is 10.2 Å². The summed E-state index contributed by atoms with van der Waals surface area (Å²) in [5.41, 5.74) is 2.10. The Kier molecular flexibility index (Phi) is 4.90. The van der Waals surface area contributed by atoms with Gasteiger partial charge in [-0.1, -0.05) is 23.7 Å². The summed E-state index contributed by atoms with van der Waals surface area (Å²) in [5, 5.41) is 3.75. The van der Waals surface area contributed by atoms with E-state index in [0.717, 1.165) is 41.8 Å². The highest BCUT2D eigenvalue weighted by molar-refractivity contribution is 6.31. The normalized spacial score (nSPS) is 20.6. The van der Waals surface area contributed by atoms with Gasteiger partial charge in [0.25, 0.3) is 0 Å². The molecule has 4 nitrogen and oxygen atoms in total. The summed E-state index contributed by atoms with van der Waals surface area (Å²) in [6.45, 7) is 2.65. The topological polar surface area (TPSA) is 49.4 Å². The van der Waals surface area contributed by atoms with Crippen LogP contribution in [0.25, 0.3) is 0 Å². The first-order valence-corrected chi connectivity index (χ1v) is 8.77. The van der Waals surface area contributed by atoms with Crippen LogP contribution in [-0.4, -0.2) is 35.3 Å². The fraction of sp³-hybridized carbons (Fsp3) is 0.556. The highest BCUT2D eigenvalue weighted by Crippen LogP contribution is 2.23. The average Bonchev–Trinajstić information content (AvgIpc) is 3.20. The molecule has 1 N–H and O–H groups in total. The Labute approximate surface area is 142 Å². The second-order valence-corrected chi connectivity index (χ2v) is 7.02. The molecule has 0 aromatic heterocycles. The van der Waals surface area contributed by atoms with Crippen molar-refractivity contribution in [3.8, 4) is 0 Å². The Hall–Kier alpha value is -1.55. The summed E-state index contributed by atoms with van der Waals surface area (Å²) in [7, 11) is 0. The lowest BCUT2D eigenvalue weighted by Gasteiger charge is -2.24. The number of nitrogens with one attached hydrogen (secondary N) is 1. The molecule has 1 aromatic rings. The zero-order chi connectivity index (χ0) is 16.4. The second kappa shape index (κ2) is 6.91. The minimum Gasteiger partial charge on any atom is -0.352 e. The Bertz CT molecular complexity index is 613. The molecule has 1 aliphatic carbocycles. The third kappa shape index (κ3) is 4.05. The lowest BCUT2D eigenvalue weighted by Crippen LogP contribution is -2.46. The lowest BCUT2D eigenvalue weighted by molar-refractivity contribution is -0.138. The van der Waals surface area contributed by atoms with E-state index in [1.165, 1.54) is 0 Å². The van der Waals surface area contributed by atoms with E-state index in [-0.39, 0.29) is 17.9 Å². The van der Waals surface area contributed by atoms with Gasteiger partial charge in [0.05, 0.1) is 0 Å². The Balaban J connectivity index is 1.55. The molecule has 0 radical (unpaired) electrons. The first-order chi connectivity index (χ1) is 11.0. The van der Waals surface area contributed by atoms with Gasteiger partial charge in [0.15, 0.2) is 0 Å². The fourth-order valence-corrected chi connectivity index (χ4v) is 3.25. The van der Waals surface area contributed by atoms with Crippen LogP contribution >= 0.6 is 11.6 Å². The minimum atomic E-state index is -0.273. The highest BCUT2D eigenvalue weighted by atomic mass is 35.5. The van der Waals surface area contributed by atoms with Crippen LogP contribution in [0.5, 0.6) is 0 Å². The molecule has 1 saturated heterocycles. The summed E-state index contributed by atoms with van der Waals surface area (Å²) in [6.07, 6.45) is 4.91. The van der Waals surface area contributed by atoms with Crippen LogP contribution in [0.4, 0.5) is 0 Å². The SMILES string of the molecule is Cc1ccc(CCC(=O)N2CCC[C@@H]2C(=O)NC2CC2)cc1Cl. The molecule has 0 spiro atoms. The first kappa shape index (κ1) is 16.3. The van der Waals surface area contributed by atoms with Crippen molar-refractivity contribution in [2.24, 2.45) is 0 Å². The van der Waals surface area contributed by atoms with Gasteiger partial charge in [0.1, 0.15) is 6.04 Å². The molecule has 1 heterocycles. The number of halogens is 1. The van der Waals surface area contributed by atoms with E-state index in [1.54, 1.807) is 4.90 Å². The van der Waals surface area contributed by atoms with Gasteiger partial charge in [-0.05, 0) is 56.2 Å². The van der Waals surface area contributed by atoms with E-state index >= 15 is 0 Å². The van der Waals surface area contributed by atoms with Gasteiger partial charge in [-0.15, -0.1) is 0 Å². The zero-order valence-electron chi connectivity index (χ0n) is 13.5. The molecule has 3 rings (SSSR count). The molecule has 2 aliphatic rings. The van der Waals surface area contributed by atoms with E-state index in [0.29, 0.717) is 25.4 Å². The predicted octanol–water partition coefficient (Wildman–Crippen LogP) is 2.85. The summed E-state index contributed by atoms with van der Waals surface area (Å²) in [6, 6.07) is 5.98. The molecular formula is C18H23ClN2O2. The number of rotatable bonds is 5. The average molecular weight is 335 g/mol. The van der Waals surface area contributed by atoms with E-state index in [4.69, 9.17) is 11.6 Å². The van der Waals surface area contributed by atoms with Crippen LogP contribution < -0.4 is 5.32 Å².